The van der Waals surface area contributed by atoms with Gasteiger partial charge in [0, 0.05) is 17.3 Å². The van der Waals surface area contributed by atoms with Gasteiger partial charge in [-0.25, -0.2) is 0 Å². The van der Waals surface area contributed by atoms with Crippen LogP contribution in [0.1, 0.15) is 34.9 Å². The number of thiophene rings is 1. The number of amides is 1. The zero-order valence-corrected chi connectivity index (χ0v) is 12.1. The second-order valence-corrected chi connectivity index (χ2v) is 6.67. The first kappa shape index (κ1) is 12.2. The SMILES string of the molecule is O=C(C1CC1)N1CCc2sccc2C1c1ccccc1. The summed E-state index contributed by atoms with van der Waals surface area (Å²) in [6.07, 6.45) is 3.16. The van der Waals surface area contributed by atoms with Crippen LogP contribution in [0.15, 0.2) is 41.8 Å². The van der Waals surface area contributed by atoms with E-state index < -0.39 is 0 Å². The van der Waals surface area contributed by atoms with Gasteiger partial charge in [-0.1, -0.05) is 30.3 Å². The van der Waals surface area contributed by atoms with Crippen LogP contribution in [-0.4, -0.2) is 17.4 Å². The van der Waals surface area contributed by atoms with Crippen LogP contribution in [0.3, 0.4) is 0 Å². The van der Waals surface area contributed by atoms with Crippen molar-refractivity contribution in [2.75, 3.05) is 6.54 Å². The molecule has 1 unspecified atom stereocenters. The summed E-state index contributed by atoms with van der Waals surface area (Å²) in [7, 11) is 0. The van der Waals surface area contributed by atoms with Gasteiger partial charge in [0.15, 0.2) is 0 Å². The summed E-state index contributed by atoms with van der Waals surface area (Å²) in [6.45, 7) is 0.863. The molecule has 2 nitrogen and oxygen atoms in total. The maximum absolute atomic E-state index is 12.6. The van der Waals surface area contributed by atoms with Gasteiger partial charge in [-0.05, 0) is 41.8 Å². The maximum Gasteiger partial charge on any atom is 0.226 e. The summed E-state index contributed by atoms with van der Waals surface area (Å²) in [6, 6.07) is 12.8. The summed E-state index contributed by atoms with van der Waals surface area (Å²) in [5.41, 5.74) is 2.57. The van der Waals surface area contributed by atoms with E-state index in [2.05, 4.69) is 40.6 Å². The Labute approximate surface area is 123 Å². The van der Waals surface area contributed by atoms with Crippen molar-refractivity contribution in [3.05, 3.63) is 57.8 Å². The van der Waals surface area contributed by atoms with E-state index in [4.69, 9.17) is 0 Å². The zero-order chi connectivity index (χ0) is 13.5. The Morgan fingerprint density at radius 1 is 1.15 bits per heavy atom. The highest BCUT2D eigenvalue weighted by molar-refractivity contribution is 7.10. The molecule has 1 saturated carbocycles. The van der Waals surface area contributed by atoms with Gasteiger partial charge in [-0.15, -0.1) is 11.3 Å². The van der Waals surface area contributed by atoms with Crippen molar-refractivity contribution in [2.45, 2.75) is 25.3 Å². The van der Waals surface area contributed by atoms with Crippen LogP contribution in [0.4, 0.5) is 0 Å². The van der Waals surface area contributed by atoms with E-state index in [0.29, 0.717) is 11.8 Å². The minimum absolute atomic E-state index is 0.124. The molecule has 4 rings (SSSR count). The predicted octanol–water partition coefficient (Wildman–Crippen LogP) is 3.63. The van der Waals surface area contributed by atoms with E-state index in [1.165, 1.54) is 16.0 Å². The van der Waals surface area contributed by atoms with E-state index in [0.717, 1.165) is 25.8 Å². The van der Waals surface area contributed by atoms with Crippen molar-refractivity contribution in [1.29, 1.82) is 0 Å². The van der Waals surface area contributed by atoms with Crippen LogP contribution in [0.25, 0.3) is 0 Å². The van der Waals surface area contributed by atoms with E-state index in [1.54, 1.807) is 0 Å². The fraction of sp³-hybridized carbons (Fsp3) is 0.353. The molecule has 0 spiro atoms. The number of benzene rings is 1. The molecule has 2 aromatic rings. The molecule has 1 fully saturated rings. The van der Waals surface area contributed by atoms with Crippen molar-refractivity contribution in [3.63, 3.8) is 0 Å². The van der Waals surface area contributed by atoms with Crippen LogP contribution in [0.2, 0.25) is 0 Å². The van der Waals surface area contributed by atoms with Gasteiger partial charge >= 0.3 is 0 Å². The monoisotopic (exact) mass is 283 g/mol. The van der Waals surface area contributed by atoms with E-state index in [1.807, 2.05) is 17.4 Å². The number of fused-ring (bicyclic) bond motifs is 1. The molecule has 2 aliphatic rings. The highest BCUT2D eigenvalue weighted by atomic mass is 32.1. The Morgan fingerprint density at radius 3 is 2.70 bits per heavy atom. The second kappa shape index (κ2) is 4.74. The summed E-state index contributed by atoms with van der Waals surface area (Å²) in [5, 5.41) is 2.16. The standard InChI is InChI=1S/C17H17NOS/c19-17(13-6-7-13)18-10-8-15-14(9-11-20-15)16(18)12-4-2-1-3-5-12/h1-5,9,11,13,16H,6-8,10H2. The van der Waals surface area contributed by atoms with Gasteiger partial charge in [-0.2, -0.15) is 0 Å². The number of carbonyl (C=O) groups excluding carboxylic acids is 1. The second-order valence-electron chi connectivity index (χ2n) is 5.67. The van der Waals surface area contributed by atoms with Crippen molar-refractivity contribution in [2.24, 2.45) is 5.92 Å². The van der Waals surface area contributed by atoms with Crippen molar-refractivity contribution >= 4 is 17.2 Å². The topological polar surface area (TPSA) is 20.3 Å². The average Bonchev–Trinajstić information content (AvgIpc) is 3.24. The molecule has 102 valence electrons. The lowest BCUT2D eigenvalue weighted by Crippen LogP contribution is -2.40. The third-order valence-corrected chi connectivity index (χ3v) is 5.29. The molecule has 1 aromatic carbocycles. The quantitative estimate of drug-likeness (QED) is 0.824. The first-order valence-electron chi connectivity index (χ1n) is 7.26. The molecular formula is C17H17NOS. The fourth-order valence-corrected chi connectivity index (χ4v) is 4.02. The lowest BCUT2D eigenvalue weighted by Gasteiger charge is -2.36. The lowest BCUT2D eigenvalue weighted by molar-refractivity contribution is -0.134. The van der Waals surface area contributed by atoms with Crippen molar-refractivity contribution in [1.82, 2.24) is 4.90 Å². The molecular weight excluding hydrogens is 266 g/mol. The summed E-state index contributed by atoms with van der Waals surface area (Å²) in [4.78, 5) is 16.2. The molecule has 2 heterocycles. The van der Waals surface area contributed by atoms with Crippen molar-refractivity contribution < 1.29 is 4.79 Å². The first-order valence-corrected chi connectivity index (χ1v) is 8.14. The normalized spacial score (nSPS) is 21.6. The van der Waals surface area contributed by atoms with Crippen LogP contribution in [-0.2, 0) is 11.2 Å². The Kier molecular flexibility index (Phi) is 2.88. The largest absolute Gasteiger partial charge is 0.331 e. The minimum atomic E-state index is 0.124. The Hall–Kier alpha value is -1.61. The molecule has 1 aromatic heterocycles. The molecule has 0 saturated heterocycles. The molecule has 1 aliphatic heterocycles. The Balaban J connectivity index is 1.78. The van der Waals surface area contributed by atoms with Gasteiger partial charge in [0.05, 0.1) is 6.04 Å². The van der Waals surface area contributed by atoms with Crippen molar-refractivity contribution in [3.8, 4) is 0 Å². The number of nitrogens with zero attached hydrogens (tertiary/aromatic N) is 1. The van der Waals surface area contributed by atoms with Gasteiger partial charge in [0.2, 0.25) is 5.91 Å². The van der Waals surface area contributed by atoms with Gasteiger partial charge in [0.1, 0.15) is 0 Å². The predicted molar refractivity (Wildman–Crippen MR) is 80.7 cm³/mol. The van der Waals surface area contributed by atoms with Crippen LogP contribution < -0.4 is 0 Å². The number of carbonyl (C=O) groups is 1. The van der Waals surface area contributed by atoms with Crippen LogP contribution in [0.5, 0.6) is 0 Å². The third kappa shape index (κ3) is 1.97. The number of hydrogen-bond donors (Lipinski definition) is 0. The highest BCUT2D eigenvalue weighted by Gasteiger charge is 2.39. The first-order chi connectivity index (χ1) is 9.84. The maximum atomic E-state index is 12.6. The van der Waals surface area contributed by atoms with E-state index in [-0.39, 0.29) is 6.04 Å². The Morgan fingerprint density at radius 2 is 1.95 bits per heavy atom. The van der Waals surface area contributed by atoms with E-state index in [9.17, 15) is 4.79 Å². The summed E-state index contributed by atoms with van der Waals surface area (Å²) in [5.74, 6) is 0.650. The minimum Gasteiger partial charge on any atom is -0.331 e. The highest BCUT2D eigenvalue weighted by Crippen LogP contribution is 2.41. The summed E-state index contributed by atoms with van der Waals surface area (Å²) >= 11 is 1.82. The number of rotatable bonds is 2. The molecule has 20 heavy (non-hydrogen) atoms. The van der Waals surface area contributed by atoms with Gasteiger partial charge in [-0.3, -0.25) is 4.79 Å². The molecule has 3 heteroatoms. The number of hydrogen-bond acceptors (Lipinski definition) is 2. The smallest absolute Gasteiger partial charge is 0.226 e. The molecule has 1 atom stereocenters. The zero-order valence-electron chi connectivity index (χ0n) is 11.3. The van der Waals surface area contributed by atoms with Gasteiger partial charge < -0.3 is 4.90 Å². The van der Waals surface area contributed by atoms with Crippen LogP contribution in [0, 0.1) is 5.92 Å². The average molecular weight is 283 g/mol. The third-order valence-electron chi connectivity index (χ3n) is 4.29. The lowest BCUT2D eigenvalue weighted by atomic mass is 9.93. The molecule has 0 bridgehead atoms. The fourth-order valence-electron chi connectivity index (χ4n) is 3.11. The molecule has 1 aliphatic carbocycles. The van der Waals surface area contributed by atoms with Crippen LogP contribution >= 0.6 is 11.3 Å². The van der Waals surface area contributed by atoms with E-state index >= 15 is 0 Å². The molecule has 0 N–H and O–H groups in total. The Bertz CT molecular complexity index is 629. The molecule has 1 amide bonds. The summed E-state index contributed by atoms with van der Waals surface area (Å²) < 4.78 is 0. The van der Waals surface area contributed by atoms with Gasteiger partial charge in [0.25, 0.3) is 0 Å². The molecule has 0 radical (unpaired) electrons.